The summed E-state index contributed by atoms with van der Waals surface area (Å²) in [6, 6.07) is 14.5. The third kappa shape index (κ3) is 3.57. The maximum atomic E-state index is 13.1. The van der Waals surface area contributed by atoms with Crippen LogP contribution in [0.5, 0.6) is 0 Å². The number of nitrogens with zero attached hydrogens (tertiary/aromatic N) is 1. The number of halogens is 1. The van der Waals surface area contributed by atoms with Crippen molar-refractivity contribution in [2.24, 2.45) is 0 Å². The summed E-state index contributed by atoms with van der Waals surface area (Å²) < 4.78 is 13.1. The molecule has 2 aromatic rings. The summed E-state index contributed by atoms with van der Waals surface area (Å²) in [5.41, 5.74) is 1.23. The minimum Gasteiger partial charge on any atom is -0.481 e. The van der Waals surface area contributed by atoms with E-state index in [-0.39, 0.29) is 12.1 Å². The first-order valence-electron chi connectivity index (χ1n) is 6.33. The Hall–Kier alpha value is -2.87. The van der Waals surface area contributed by atoms with Crippen LogP contribution in [0.25, 0.3) is 0 Å². The number of rotatable bonds is 5. The topological polar surface area (TPSA) is 73.1 Å². The predicted octanol–water partition coefficient (Wildman–Crippen LogP) is 2.98. The lowest BCUT2D eigenvalue weighted by Crippen LogP contribution is -2.21. The van der Waals surface area contributed by atoms with Crippen molar-refractivity contribution in [2.75, 3.05) is 11.9 Å². The summed E-state index contributed by atoms with van der Waals surface area (Å²) in [5.74, 6) is -2.22. The van der Waals surface area contributed by atoms with Gasteiger partial charge in [-0.25, -0.2) is 4.39 Å². The standard InChI is InChI=1S/C16H13FN2O2/c17-13-6-7-15(12(8-13)9-18)19-10-14(16(20)21)11-4-2-1-3-5-11/h1-8,14,19H,10H2,(H,20,21). The summed E-state index contributed by atoms with van der Waals surface area (Å²) in [6.07, 6.45) is 0. The highest BCUT2D eigenvalue weighted by Gasteiger charge is 2.19. The van der Waals surface area contributed by atoms with E-state index in [1.54, 1.807) is 24.3 Å². The number of hydrogen-bond acceptors (Lipinski definition) is 3. The molecule has 0 bridgehead atoms. The van der Waals surface area contributed by atoms with Crippen LogP contribution in [-0.4, -0.2) is 17.6 Å². The van der Waals surface area contributed by atoms with Gasteiger partial charge in [0.15, 0.2) is 0 Å². The molecule has 0 saturated heterocycles. The molecule has 0 aliphatic heterocycles. The Balaban J connectivity index is 2.17. The third-order valence-electron chi connectivity index (χ3n) is 3.10. The molecular formula is C16H13FN2O2. The molecule has 0 aliphatic carbocycles. The fourth-order valence-corrected chi connectivity index (χ4v) is 2.01. The molecule has 1 atom stereocenters. The number of carbonyl (C=O) groups is 1. The molecule has 0 saturated carbocycles. The molecule has 106 valence electrons. The summed E-state index contributed by atoms with van der Waals surface area (Å²) in [4.78, 5) is 11.4. The second-order valence-corrected chi connectivity index (χ2v) is 4.48. The van der Waals surface area contributed by atoms with Crippen LogP contribution in [0.4, 0.5) is 10.1 Å². The van der Waals surface area contributed by atoms with Crippen molar-refractivity contribution in [1.82, 2.24) is 0 Å². The van der Waals surface area contributed by atoms with Crippen LogP contribution >= 0.6 is 0 Å². The molecule has 0 spiro atoms. The normalized spacial score (nSPS) is 11.4. The lowest BCUT2D eigenvalue weighted by atomic mass is 9.99. The monoisotopic (exact) mass is 284 g/mol. The second-order valence-electron chi connectivity index (χ2n) is 4.48. The third-order valence-corrected chi connectivity index (χ3v) is 3.10. The van der Waals surface area contributed by atoms with Gasteiger partial charge in [-0.3, -0.25) is 4.79 Å². The maximum Gasteiger partial charge on any atom is 0.312 e. The quantitative estimate of drug-likeness (QED) is 0.885. The minimum atomic E-state index is -0.964. The second kappa shape index (κ2) is 6.53. The van der Waals surface area contributed by atoms with Crippen molar-refractivity contribution in [3.8, 4) is 6.07 Å². The number of nitriles is 1. The summed E-state index contributed by atoms with van der Waals surface area (Å²) in [6.45, 7) is 0.111. The van der Waals surface area contributed by atoms with E-state index in [1.165, 1.54) is 12.1 Å². The average molecular weight is 284 g/mol. The van der Waals surface area contributed by atoms with Crippen molar-refractivity contribution in [3.63, 3.8) is 0 Å². The van der Waals surface area contributed by atoms with E-state index in [4.69, 9.17) is 5.26 Å². The summed E-state index contributed by atoms with van der Waals surface area (Å²) in [7, 11) is 0. The van der Waals surface area contributed by atoms with Gasteiger partial charge in [0.2, 0.25) is 0 Å². The van der Waals surface area contributed by atoms with Crippen molar-refractivity contribution in [1.29, 1.82) is 5.26 Å². The zero-order valence-electron chi connectivity index (χ0n) is 11.1. The molecule has 0 aromatic heterocycles. The Kier molecular flexibility index (Phi) is 4.52. The SMILES string of the molecule is N#Cc1cc(F)ccc1NCC(C(=O)O)c1ccccc1. The van der Waals surface area contributed by atoms with Gasteiger partial charge in [0.25, 0.3) is 0 Å². The molecule has 2 N–H and O–H groups in total. The number of anilines is 1. The summed E-state index contributed by atoms with van der Waals surface area (Å²) >= 11 is 0. The van der Waals surface area contributed by atoms with Crippen molar-refractivity contribution in [2.45, 2.75) is 5.92 Å². The van der Waals surface area contributed by atoms with Crippen LogP contribution < -0.4 is 5.32 Å². The zero-order valence-corrected chi connectivity index (χ0v) is 11.1. The molecule has 2 rings (SSSR count). The van der Waals surface area contributed by atoms with Gasteiger partial charge >= 0.3 is 5.97 Å². The largest absolute Gasteiger partial charge is 0.481 e. The van der Waals surface area contributed by atoms with Crippen molar-refractivity contribution < 1.29 is 14.3 Å². The van der Waals surface area contributed by atoms with Crippen LogP contribution in [0.1, 0.15) is 17.0 Å². The van der Waals surface area contributed by atoms with E-state index < -0.39 is 17.7 Å². The molecule has 0 heterocycles. The van der Waals surface area contributed by atoms with Gasteiger partial charge in [-0.15, -0.1) is 0 Å². The van der Waals surface area contributed by atoms with Gasteiger partial charge in [-0.1, -0.05) is 30.3 Å². The van der Waals surface area contributed by atoms with E-state index >= 15 is 0 Å². The number of nitrogens with one attached hydrogen (secondary N) is 1. The first-order chi connectivity index (χ1) is 10.1. The minimum absolute atomic E-state index is 0.111. The first kappa shape index (κ1) is 14.5. The fraction of sp³-hybridized carbons (Fsp3) is 0.125. The molecule has 21 heavy (non-hydrogen) atoms. The van der Waals surface area contributed by atoms with Gasteiger partial charge in [-0.05, 0) is 23.8 Å². The lowest BCUT2D eigenvalue weighted by molar-refractivity contribution is -0.138. The smallest absolute Gasteiger partial charge is 0.312 e. The summed E-state index contributed by atoms with van der Waals surface area (Å²) in [5, 5.41) is 21.2. The zero-order chi connectivity index (χ0) is 15.2. The number of carboxylic acids is 1. The molecule has 0 aliphatic rings. The highest BCUT2D eigenvalue weighted by Crippen LogP contribution is 2.20. The van der Waals surface area contributed by atoms with Crippen LogP contribution in [-0.2, 0) is 4.79 Å². The molecule has 2 aromatic carbocycles. The van der Waals surface area contributed by atoms with E-state index in [0.717, 1.165) is 6.07 Å². The van der Waals surface area contributed by atoms with Crippen LogP contribution in [0.2, 0.25) is 0 Å². The van der Waals surface area contributed by atoms with Gasteiger partial charge in [-0.2, -0.15) is 5.26 Å². The van der Waals surface area contributed by atoms with Crippen molar-refractivity contribution in [3.05, 3.63) is 65.5 Å². The Bertz CT molecular complexity index is 680. The first-order valence-corrected chi connectivity index (χ1v) is 6.33. The van der Waals surface area contributed by atoms with Crippen LogP contribution in [0.15, 0.2) is 48.5 Å². The number of hydrogen-bond donors (Lipinski definition) is 2. The maximum absolute atomic E-state index is 13.1. The van der Waals surface area contributed by atoms with Gasteiger partial charge in [0.05, 0.1) is 17.2 Å². The van der Waals surface area contributed by atoms with E-state index in [2.05, 4.69) is 5.32 Å². The fourth-order valence-electron chi connectivity index (χ4n) is 2.01. The highest BCUT2D eigenvalue weighted by molar-refractivity contribution is 5.77. The Morgan fingerprint density at radius 2 is 2.00 bits per heavy atom. The van der Waals surface area contributed by atoms with Crippen LogP contribution in [0, 0.1) is 17.1 Å². The molecule has 0 amide bonds. The predicted molar refractivity (Wildman–Crippen MR) is 76.4 cm³/mol. The van der Waals surface area contributed by atoms with Gasteiger partial charge in [0, 0.05) is 6.54 Å². The van der Waals surface area contributed by atoms with Gasteiger partial charge < -0.3 is 10.4 Å². The Labute approximate surface area is 121 Å². The van der Waals surface area contributed by atoms with E-state index in [9.17, 15) is 14.3 Å². The average Bonchev–Trinajstić information content (AvgIpc) is 2.49. The number of benzene rings is 2. The molecule has 1 unspecified atom stereocenters. The number of carboxylic acid groups (broad SMARTS) is 1. The number of aliphatic carboxylic acids is 1. The molecule has 0 radical (unpaired) electrons. The van der Waals surface area contributed by atoms with Crippen LogP contribution in [0.3, 0.4) is 0 Å². The van der Waals surface area contributed by atoms with E-state index in [0.29, 0.717) is 11.3 Å². The molecule has 0 fully saturated rings. The molecule has 4 nitrogen and oxygen atoms in total. The Morgan fingerprint density at radius 1 is 1.29 bits per heavy atom. The Morgan fingerprint density at radius 3 is 2.62 bits per heavy atom. The van der Waals surface area contributed by atoms with E-state index in [1.807, 2.05) is 12.1 Å². The molecule has 5 heteroatoms. The van der Waals surface area contributed by atoms with Crippen molar-refractivity contribution >= 4 is 11.7 Å². The van der Waals surface area contributed by atoms with Gasteiger partial charge in [0.1, 0.15) is 11.9 Å². The molecular weight excluding hydrogens is 271 g/mol. The highest BCUT2D eigenvalue weighted by atomic mass is 19.1. The lowest BCUT2D eigenvalue weighted by Gasteiger charge is -2.15.